The number of carbonyl (C=O) groups is 1. The van der Waals surface area contributed by atoms with Gasteiger partial charge in [-0.2, -0.15) is 0 Å². The van der Waals surface area contributed by atoms with Crippen LogP contribution in [0.5, 0.6) is 0 Å². The molecule has 0 saturated carbocycles. The van der Waals surface area contributed by atoms with Gasteiger partial charge in [-0.05, 0) is 32.9 Å². The summed E-state index contributed by atoms with van der Waals surface area (Å²) in [6.45, 7) is 5.57. The molecule has 1 aromatic rings. The molecule has 0 bridgehead atoms. The van der Waals surface area contributed by atoms with Gasteiger partial charge in [-0.1, -0.05) is 12.8 Å². The summed E-state index contributed by atoms with van der Waals surface area (Å²) in [6, 6.07) is 0. The number of aromatic nitrogens is 2. The van der Waals surface area contributed by atoms with Crippen LogP contribution in [0.15, 0.2) is 6.20 Å². The zero-order chi connectivity index (χ0) is 13.0. The van der Waals surface area contributed by atoms with E-state index >= 15 is 0 Å². The average Bonchev–Trinajstić information content (AvgIpc) is 2.57. The lowest BCUT2D eigenvalue weighted by Gasteiger charge is -2.19. The topological polar surface area (TPSA) is 58.4 Å². The lowest BCUT2D eigenvalue weighted by Crippen LogP contribution is -2.26. The van der Waals surface area contributed by atoms with Crippen molar-refractivity contribution in [2.24, 2.45) is 0 Å². The molecule has 0 unspecified atom stereocenters. The Morgan fingerprint density at radius 1 is 1.33 bits per heavy atom. The Morgan fingerprint density at radius 3 is 2.56 bits per heavy atom. The fourth-order valence-corrected chi connectivity index (χ4v) is 2.56. The molecule has 1 saturated heterocycles. The van der Waals surface area contributed by atoms with E-state index in [-0.39, 0.29) is 0 Å². The second-order valence-corrected chi connectivity index (χ2v) is 4.80. The summed E-state index contributed by atoms with van der Waals surface area (Å²) in [6.07, 6.45) is 6.55. The quantitative estimate of drug-likeness (QED) is 0.889. The van der Waals surface area contributed by atoms with Crippen LogP contribution in [-0.2, 0) is 13.1 Å². The molecule has 1 aliphatic heterocycles. The highest BCUT2D eigenvalue weighted by molar-refractivity contribution is 5.85. The Bertz CT molecular complexity index is 406. The fraction of sp³-hybridized carbons (Fsp3) is 0.692. The first kappa shape index (κ1) is 13.1. The number of nitrogens with zero attached hydrogens (tertiary/aromatic N) is 3. The number of aromatic carboxylic acids is 1. The molecule has 0 atom stereocenters. The van der Waals surface area contributed by atoms with Crippen LogP contribution in [0.4, 0.5) is 0 Å². The van der Waals surface area contributed by atoms with E-state index in [4.69, 9.17) is 5.11 Å². The lowest BCUT2D eigenvalue weighted by atomic mass is 10.2. The standard InChI is InChI=1S/C13H21N3O2/c1-2-16-11(13(17)18)9-14-12(16)10-15-7-5-3-4-6-8-15/h9H,2-8,10H2,1H3,(H,17,18). The molecule has 1 aliphatic rings. The largest absolute Gasteiger partial charge is 0.477 e. The Morgan fingerprint density at radius 2 is 2.00 bits per heavy atom. The van der Waals surface area contributed by atoms with Gasteiger partial charge in [0.25, 0.3) is 0 Å². The van der Waals surface area contributed by atoms with Crippen molar-refractivity contribution < 1.29 is 9.90 Å². The first-order valence-electron chi connectivity index (χ1n) is 6.72. The maximum atomic E-state index is 11.1. The van der Waals surface area contributed by atoms with E-state index < -0.39 is 5.97 Å². The molecule has 5 heteroatoms. The fourth-order valence-electron chi connectivity index (χ4n) is 2.56. The minimum Gasteiger partial charge on any atom is -0.477 e. The van der Waals surface area contributed by atoms with Gasteiger partial charge in [0.1, 0.15) is 11.5 Å². The first-order valence-corrected chi connectivity index (χ1v) is 6.72. The second kappa shape index (κ2) is 6.00. The van der Waals surface area contributed by atoms with E-state index in [9.17, 15) is 4.79 Å². The van der Waals surface area contributed by atoms with Crippen LogP contribution in [0, 0.1) is 0 Å². The molecule has 18 heavy (non-hydrogen) atoms. The molecule has 0 spiro atoms. The SMILES string of the molecule is CCn1c(C(=O)O)cnc1CN1CCCCCC1. The number of likely N-dealkylation sites (tertiary alicyclic amines) is 1. The summed E-state index contributed by atoms with van der Waals surface area (Å²) >= 11 is 0. The van der Waals surface area contributed by atoms with Crippen LogP contribution in [-0.4, -0.2) is 38.6 Å². The molecule has 100 valence electrons. The Balaban J connectivity index is 2.10. The van der Waals surface area contributed by atoms with Crippen LogP contribution in [0.2, 0.25) is 0 Å². The maximum Gasteiger partial charge on any atom is 0.354 e. The van der Waals surface area contributed by atoms with Gasteiger partial charge in [-0.15, -0.1) is 0 Å². The number of carboxylic acid groups (broad SMARTS) is 1. The molecule has 2 rings (SSSR count). The van der Waals surface area contributed by atoms with Gasteiger partial charge >= 0.3 is 5.97 Å². The monoisotopic (exact) mass is 251 g/mol. The normalized spacial score (nSPS) is 17.6. The molecule has 1 N–H and O–H groups in total. The third-order valence-electron chi connectivity index (χ3n) is 3.54. The van der Waals surface area contributed by atoms with Gasteiger partial charge in [0.15, 0.2) is 0 Å². The van der Waals surface area contributed by atoms with Gasteiger partial charge in [-0.3, -0.25) is 4.90 Å². The van der Waals surface area contributed by atoms with Crippen molar-refractivity contribution in [2.75, 3.05) is 13.1 Å². The molecule has 5 nitrogen and oxygen atoms in total. The summed E-state index contributed by atoms with van der Waals surface area (Å²) < 4.78 is 1.80. The Hall–Kier alpha value is -1.36. The lowest BCUT2D eigenvalue weighted by molar-refractivity contribution is 0.0684. The molecular weight excluding hydrogens is 230 g/mol. The molecule has 0 aromatic carbocycles. The van der Waals surface area contributed by atoms with Gasteiger partial charge in [0.2, 0.25) is 0 Å². The van der Waals surface area contributed by atoms with Crippen molar-refractivity contribution in [3.8, 4) is 0 Å². The average molecular weight is 251 g/mol. The van der Waals surface area contributed by atoms with Crippen LogP contribution >= 0.6 is 0 Å². The van der Waals surface area contributed by atoms with Gasteiger partial charge in [0.05, 0.1) is 12.7 Å². The molecule has 2 heterocycles. The summed E-state index contributed by atoms with van der Waals surface area (Å²) in [4.78, 5) is 17.7. The molecule has 0 amide bonds. The van der Waals surface area contributed by atoms with Crippen molar-refractivity contribution in [1.29, 1.82) is 0 Å². The second-order valence-electron chi connectivity index (χ2n) is 4.80. The third-order valence-corrected chi connectivity index (χ3v) is 3.54. The van der Waals surface area contributed by atoms with Crippen LogP contribution in [0.25, 0.3) is 0 Å². The van der Waals surface area contributed by atoms with E-state index in [1.807, 2.05) is 6.92 Å². The van der Waals surface area contributed by atoms with E-state index in [0.717, 1.165) is 25.5 Å². The van der Waals surface area contributed by atoms with E-state index in [1.165, 1.54) is 31.9 Å². The molecule has 1 aromatic heterocycles. The summed E-state index contributed by atoms with van der Waals surface area (Å²) in [7, 11) is 0. The van der Waals surface area contributed by atoms with Crippen molar-refractivity contribution in [2.45, 2.75) is 45.7 Å². The Labute approximate surface area is 107 Å². The van der Waals surface area contributed by atoms with Crippen molar-refractivity contribution >= 4 is 5.97 Å². The van der Waals surface area contributed by atoms with E-state index in [2.05, 4.69) is 9.88 Å². The number of hydrogen-bond acceptors (Lipinski definition) is 3. The molecule has 0 aliphatic carbocycles. The first-order chi connectivity index (χ1) is 8.72. The van der Waals surface area contributed by atoms with Crippen LogP contribution in [0.1, 0.15) is 48.9 Å². The predicted octanol–water partition coefficient (Wildman–Crippen LogP) is 1.98. The minimum atomic E-state index is -0.897. The smallest absolute Gasteiger partial charge is 0.354 e. The zero-order valence-electron chi connectivity index (χ0n) is 10.9. The Kier molecular flexibility index (Phi) is 4.36. The number of carboxylic acids is 1. The van der Waals surface area contributed by atoms with Crippen molar-refractivity contribution in [3.63, 3.8) is 0 Å². The number of rotatable bonds is 4. The summed E-state index contributed by atoms with van der Waals surface area (Å²) in [5.41, 5.74) is 0.294. The highest BCUT2D eigenvalue weighted by Gasteiger charge is 2.17. The van der Waals surface area contributed by atoms with Gasteiger partial charge in [-0.25, -0.2) is 9.78 Å². The van der Waals surface area contributed by atoms with Crippen LogP contribution in [0.3, 0.4) is 0 Å². The maximum absolute atomic E-state index is 11.1. The molecule has 1 fully saturated rings. The minimum absolute atomic E-state index is 0.294. The predicted molar refractivity (Wildman–Crippen MR) is 68.6 cm³/mol. The van der Waals surface area contributed by atoms with Crippen molar-refractivity contribution in [1.82, 2.24) is 14.5 Å². The van der Waals surface area contributed by atoms with Gasteiger partial charge < -0.3 is 9.67 Å². The zero-order valence-corrected chi connectivity index (χ0v) is 10.9. The van der Waals surface area contributed by atoms with Crippen molar-refractivity contribution in [3.05, 3.63) is 17.7 Å². The molecule has 0 radical (unpaired) electrons. The number of imidazole rings is 1. The number of hydrogen-bond donors (Lipinski definition) is 1. The van der Waals surface area contributed by atoms with Gasteiger partial charge in [0, 0.05) is 6.54 Å². The van der Waals surface area contributed by atoms with E-state index in [1.54, 1.807) is 4.57 Å². The third kappa shape index (κ3) is 2.90. The van der Waals surface area contributed by atoms with Crippen LogP contribution < -0.4 is 0 Å². The van der Waals surface area contributed by atoms with E-state index in [0.29, 0.717) is 12.2 Å². The summed E-state index contributed by atoms with van der Waals surface area (Å²) in [5.74, 6) is -0.0248. The molecular formula is C13H21N3O2. The summed E-state index contributed by atoms with van der Waals surface area (Å²) in [5, 5.41) is 9.09. The highest BCUT2D eigenvalue weighted by atomic mass is 16.4. The highest BCUT2D eigenvalue weighted by Crippen LogP contribution is 2.14.